The van der Waals surface area contributed by atoms with Gasteiger partial charge in [-0.3, -0.25) is 4.79 Å². The molecule has 0 radical (unpaired) electrons. The van der Waals surface area contributed by atoms with E-state index in [4.69, 9.17) is 11.6 Å². The minimum atomic E-state index is 0.0311. The zero-order chi connectivity index (χ0) is 13.7. The summed E-state index contributed by atoms with van der Waals surface area (Å²) in [5.74, 6) is 1.41. The average molecular weight is 300 g/mol. The zero-order valence-electron chi connectivity index (χ0n) is 10.7. The van der Waals surface area contributed by atoms with E-state index in [9.17, 15) is 9.90 Å². The fourth-order valence-electron chi connectivity index (χ4n) is 2.27. The van der Waals surface area contributed by atoms with Crippen LogP contribution in [0, 0.1) is 0 Å². The third-order valence-electron chi connectivity index (χ3n) is 3.32. The molecule has 0 aliphatic carbocycles. The normalized spacial score (nSPS) is 18.8. The van der Waals surface area contributed by atoms with Crippen LogP contribution in [0.15, 0.2) is 24.3 Å². The Morgan fingerprint density at radius 1 is 1.42 bits per heavy atom. The first kappa shape index (κ1) is 14.7. The van der Waals surface area contributed by atoms with E-state index in [1.165, 1.54) is 5.56 Å². The number of aliphatic hydroxyl groups is 1. The smallest absolute Gasteiger partial charge is 0.232 e. The number of benzene rings is 1. The van der Waals surface area contributed by atoms with E-state index in [2.05, 4.69) is 0 Å². The first-order chi connectivity index (χ1) is 9.20. The monoisotopic (exact) mass is 299 g/mol. The van der Waals surface area contributed by atoms with E-state index < -0.39 is 0 Å². The van der Waals surface area contributed by atoms with Crippen molar-refractivity contribution in [1.29, 1.82) is 0 Å². The van der Waals surface area contributed by atoms with Gasteiger partial charge >= 0.3 is 0 Å². The standard InChI is InChI=1S/C14H18ClNO2S/c15-12-5-3-11(4-6-12)9-19-10-14(18)16-7-1-2-13(16)8-17/h3-6,13,17H,1-2,7-10H2/t13-/m0/s1. The van der Waals surface area contributed by atoms with Crippen LogP contribution in [0.3, 0.4) is 0 Å². The van der Waals surface area contributed by atoms with Gasteiger partial charge in [-0.05, 0) is 30.5 Å². The number of carbonyl (C=O) groups is 1. The molecule has 0 spiro atoms. The molecule has 0 bridgehead atoms. The van der Waals surface area contributed by atoms with Gasteiger partial charge in [0.25, 0.3) is 0 Å². The van der Waals surface area contributed by atoms with Crippen LogP contribution in [-0.4, -0.2) is 40.9 Å². The molecule has 2 rings (SSSR count). The van der Waals surface area contributed by atoms with Crippen molar-refractivity contribution >= 4 is 29.3 Å². The van der Waals surface area contributed by atoms with E-state index in [0.717, 1.165) is 30.2 Å². The van der Waals surface area contributed by atoms with Gasteiger partial charge in [0, 0.05) is 17.3 Å². The highest BCUT2D eigenvalue weighted by atomic mass is 35.5. The van der Waals surface area contributed by atoms with Gasteiger partial charge in [0.1, 0.15) is 0 Å². The van der Waals surface area contributed by atoms with E-state index in [0.29, 0.717) is 5.75 Å². The van der Waals surface area contributed by atoms with Crippen LogP contribution in [0.4, 0.5) is 0 Å². The summed E-state index contributed by atoms with van der Waals surface area (Å²) in [6.07, 6.45) is 1.92. The number of carbonyl (C=O) groups excluding carboxylic acids is 1. The molecule has 1 aliphatic rings. The quantitative estimate of drug-likeness (QED) is 0.908. The van der Waals surface area contributed by atoms with E-state index in [-0.39, 0.29) is 18.6 Å². The molecule has 1 aliphatic heterocycles. The van der Waals surface area contributed by atoms with Gasteiger partial charge in [-0.15, -0.1) is 11.8 Å². The fourth-order valence-corrected chi connectivity index (χ4v) is 3.27. The topological polar surface area (TPSA) is 40.5 Å². The van der Waals surface area contributed by atoms with Gasteiger partial charge in [-0.1, -0.05) is 23.7 Å². The predicted octanol–water partition coefficient (Wildman–Crippen LogP) is 2.56. The molecule has 0 saturated carbocycles. The number of halogens is 1. The predicted molar refractivity (Wildman–Crippen MR) is 79.4 cm³/mol. The van der Waals surface area contributed by atoms with Crippen LogP contribution in [-0.2, 0) is 10.5 Å². The summed E-state index contributed by atoms with van der Waals surface area (Å²) >= 11 is 7.43. The van der Waals surface area contributed by atoms with Gasteiger partial charge in [-0.2, -0.15) is 0 Å². The molecule has 1 fully saturated rings. The Kier molecular flexibility index (Phi) is 5.55. The largest absolute Gasteiger partial charge is 0.394 e. The lowest BCUT2D eigenvalue weighted by Gasteiger charge is -2.22. The van der Waals surface area contributed by atoms with Crippen molar-refractivity contribution in [2.75, 3.05) is 18.9 Å². The van der Waals surface area contributed by atoms with Crippen molar-refractivity contribution in [1.82, 2.24) is 4.90 Å². The Hall–Kier alpha value is -0.710. The Morgan fingerprint density at radius 2 is 2.16 bits per heavy atom. The van der Waals surface area contributed by atoms with Crippen molar-refractivity contribution < 1.29 is 9.90 Å². The number of likely N-dealkylation sites (tertiary alicyclic amines) is 1. The number of nitrogens with zero attached hydrogens (tertiary/aromatic N) is 1. The molecular formula is C14H18ClNO2S. The summed E-state index contributed by atoms with van der Waals surface area (Å²) in [4.78, 5) is 13.8. The lowest BCUT2D eigenvalue weighted by molar-refractivity contribution is -0.129. The van der Waals surface area contributed by atoms with Crippen LogP contribution in [0.5, 0.6) is 0 Å². The molecule has 0 aromatic heterocycles. The molecule has 1 aromatic rings. The third-order valence-corrected chi connectivity index (χ3v) is 4.56. The van der Waals surface area contributed by atoms with Crippen LogP contribution in [0.2, 0.25) is 5.02 Å². The number of aliphatic hydroxyl groups excluding tert-OH is 1. The summed E-state index contributed by atoms with van der Waals surface area (Å²) in [6.45, 7) is 0.860. The molecule has 1 amide bonds. The highest BCUT2D eigenvalue weighted by Gasteiger charge is 2.27. The minimum Gasteiger partial charge on any atom is -0.394 e. The molecule has 1 aromatic carbocycles. The van der Waals surface area contributed by atoms with Gasteiger partial charge in [-0.25, -0.2) is 0 Å². The molecule has 19 heavy (non-hydrogen) atoms. The summed E-state index contributed by atoms with van der Waals surface area (Å²) in [7, 11) is 0. The lowest BCUT2D eigenvalue weighted by Crippen LogP contribution is -2.38. The number of amides is 1. The molecule has 1 N–H and O–H groups in total. The van der Waals surface area contributed by atoms with Gasteiger partial charge < -0.3 is 10.0 Å². The Labute approximate surface area is 122 Å². The number of rotatable bonds is 5. The van der Waals surface area contributed by atoms with E-state index in [1.807, 2.05) is 29.2 Å². The zero-order valence-corrected chi connectivity index (χ0v) is 12.3. The Balaban J connectivity index is 1.76. The van der Waals surface area contributed by atoms with Gasteiger partial charge in [0.2, 0.25) is 5.91 Å². The highest BCUT2D eigenvalue weighted by molar-refractivity contribution is 7.99. The summed E-state index contributed by atoms with van der Waals surface area (Å²) in [6, 6.07) is 7.71. The fraction of sp³-hybridized carbons (Fsp3) is 0.500. The maximum atomic E-state index is 12.0. The van der Waals surface area contributed by atoms with Crippen molar-refractivity contribution in [2.24, 2.45) is 0 Å². The Bertz CT molecular complexity index is 424. The Morgan fingerprint density at radius 3 is 2.84 bits per heavy atom. The van der Waals surface area contributed by atoms with E-state index >= 15 is 0 Å². The molecule has 1 saturated heterocycles. The molecule has 5 heteroatoms. The SMILES string of the molecule is O=C(CSCc1ccc(Cl)cc1)N1CCC[C@H]1CO. The third kappa shape index (κ3) is 4.13. The maximum absolute atomic E-state index is 12.0. The van der Waals surface area contributed by atoms with Crippen molar-refractivity contribution in [2.45, 2.75) is 24.6 Å². The van der Waals surface area contributed by atoms with Crippen molar-refractivity contribution in [3.8, 4) is 0 Å². The van der Waals surface area contributed by atoms with Gasteiger partial charge in [0.15, 0.2) is 0 Å². The highest BCUT2D eigenvalue weighted by Crippen LogP contribution is 2.20. The first-order valence-electron chi connectivity index (χ1n) is 6.43. The number of hydrogen-bond acceptors (Lipinski definition) is 3. The van der Waals surface area contributed by atoms with E-state index in [1.54, 1.807) is 11.8 Å². The first-order valence-corrected chi connectivity index (χ1v) is 7.96. The molecule has 1 heterocycles. The minimum absolute atomic E-state index is 0.0311. The second-order valence-corrected chi connectivity index (χ2v) is 6.11. The van der Waals surface area contributed by atoms with Crippen LogP contribution < -0.4 is 0 Å². The van der Waals surface area contributed by atoms with Crippen LogP contribution in [0.1, 0.15) is 18.4 Å². The number of hydrogen-bond donors (Lipinski definition) is 1. The average Bonchev–Trinajstić information content (AvgIpc) is 2.89. The molecule has 1 atom stereocenters. The number of thioether (sulfide) groups is 1. The molecule has 0 unspecified atom stereocenters. The van der Waals surface area contributed by atoms with Crippen molar-refractivity contribution in [3.63, 3.8) is 0 Å². The van der Waals surface area contributed by atoms with Gasteiger partial charge in [0.05, 0.1) is 18.4 Å². The second kappa shape index (κ2) is 7.17. The second-order valence-electron chi connectivity index (χ2n) is 4.69. The van der Waals surface area contributed by atoms with Crippen molar-refractivity contribution in [3.05, 3.63) is 34.9 Å². The molecule has 104 valence electrons. The molecular weight excluding hydrogens is 282 g/mol. The van der Waals surface area contributed by atoms with Crippen LogP contribution in [0.25, 0.3) is 0 Å². The summed E-state index contributed by atoms with van der Waals surface area (Å²) in [5.41, 5.74) is 1.17. The summed E-state index contributed by atoms with van der Waals surface area (Å²) in [5, 5.41) is 9.93. The van der Waals surface area contributed by atoms with Crippen LogP contribution >= 0.6 is 23.4 Å². The molecule has 3 nitrogen and oxygen atoms in total. The lowest BCUT2D eigenvalue weighted by atomic mass is 10.2. The summed E-state index contributed by atoms with van der Waals surface area (Å²) < 4.78 is 0. The maximum Gasteiger partial charge on any atom is 0.232 e.